The normalized spacial score (nSPS) is 23.9. The summed E-state index contributed by atoms with van der Waals surface area (Å²) in [5, 5.41) is 13.4. The van der Waals surface area contributed by atoms with E-state index in [1.54, 1.807) is 0 Å². The second-order valence-corrected chi connectivity index (χ2v) is 6.87. The van der Waals surface area contributed by atoms with Gasteiger partial charge in [-0.15, -0.1) is 0 Å². The number of aromatic nitrogens is 1. The highest BCUT2D eigenvalue weighted by Gasteiger charge is 2.26. The standard InChI is InChI=1S/C16H27N3O/c1-12-11-19(9-7-14(12)20)15-13(6-5-8-17-15)10-18-16(2,3)4/h5-6,8,12,14,18,20H,7,9-11H2,1-4H3. The molecule has 0 radical (unpaired) electrons. The van der Waals surface area contributed by atoms with Gasteiger partial charge in [-0.3, -0.25) is 0 Å². The second kappa shape index (κ2) is 6.10. The fraction of sp³-hybridized carbons (Fsp3) is 0.688. The van der Waals surface area contributed by atoms with Crippen LogP contribution in [0.4, 0.5) is 5.82 Å². The van der Waals surface area contributed by atoms with E-state index in [2.05, 4.69) is 49.0 Å². The number of hydrogen-bond acceptors (Lipinski definition) is 4. The number of pyridine rings is 1. The number of anilines is 1. The average molecular weight is 277 g/mol. The molecule has 1 aromatic heterocycles. The third kappa shape index (κ3) is 3.93. The number of nitrogens with zero attached hydrogens (tertiary/aromatic N) is 2. The molecule has 112 valence electrons. The molecule has 2 heterocycles. The molecule has 0 amide bonds. The molecule has 0 aliphatic carbocycles. The quantitative estimate of drug-likeness (QED) is 0.889. The summed E-state index contributed by atoms with van der Waals surface area (Å²) in [5.74, 6) is 1.36. The van der Waals surface area contributed by atoms with E-state index < -0.39 is 0 Å². The summed E-state index contributed by atoms with van der Waals surface area (Å²) in [7, 11) is 0. The van der Waals surface area contributed by atoms with Crippen molar-refractivity contribution in [2.45, 2.75) is 52.3 Å². The fourth-order valence-corrected chi connectivity index (χ4v) is 2.54. The van der Waals surface area contributed by atoms with Crippen LogP contribution in [-0.4, -0.2) is 34.8 Å². The first-order valence-electron chi connectivity index (χ1n) is 7.49. The van der Waals surface area contributed by atoms with Crippen LogP contribution in [0, 0.1) is 5.92 Å². The minimum absolute atomic E-state index is 0.0957. The Morgan fingerprint density at radius 2 is 2.20 bits per heavy atom. The Kier molecular flexibility index (Phi) is 4.66. The second-order valence-electron chi connectivity index (χ2n) is 6.87. The smallest absolute Gasteiger partial charge is 0.133 e. The Morgan fingerprint density at radius 1 is 1.45 bits per heavy atom. The lowest BCUT2D eigenvalue weighted by Gasteiger charge is -2.36. The Hall–Kier alpha value is -1.13. The van der Waals surface area contributed by atoms with E-state index in [0.717, 1.165) is 31.9 Å². The largest absolute Gasteiger partial charge is 0.393 e. The monoisotopic (exact) mass is 277 g/mol. The van der Waals surface area contributed by atoms with Gasteiger partial charge < -0.3 is 15.3 Å². The molecule has 0 aromatic carbocycles. The Labute approximate surface area is 122 Å². The van der Waals surface area contributed by atoms with E-state index in [9.17, 15) is 5.11 Å². The summed E-state index contributed by atoms with van der Waals surface area (Å²) in [6, 6.07) is 4.13. The van der Waals surface area contributed by atoms with Gasteiger partial charge in [-0.1, -0.05) is 13.0 Å². The Balaban J connectivity index is 2.11. The molecule has 2 atom stereocenters. The molecular weight excluding hydrogens is 250 g/mol. The Morgan fingerprint density at radius 3 is 2.85 bits per heavy atom. The molecule has 1 aromatic rings. The van der Waals surface area contributed by atoms with Crippen LogP contribution in [0.2, 0.25) is 0 Å². The molecule has 4 heteroatoms. The molecule has 0 spiro atoms. The van der Waals surface area contributed by atoms with E-state index in [4.69, 9.17) is 0 Å². The predicted molar refractivity (Wildman–Crippen MR) is 82.8 cm³/mol. The highest BCUT2D eigenvalue weighted by atomic mass is 16.3. The molecule has 20 heavy (non-hydrogen) atoms. The minimum Gasteiger partial charge on any atom is -0.393 e. The lowest BCUT2D eigenvalue weighted by molar-refractivity contribution is 0.0968. The zero-order valence-corrected chi connectivity index (χ0v) is 13.1. The summed E-state index contributed by atoms with van der Waals surface area (Å²) in [4.78, 5) is 6.87. The SMILES string of the molecule is CC1CN(c2ncccc2CNC(C)(C)C)CCC1O. The van der Waals surface area contributed by atoms with E-state index in [0.29, 0.717) is 5.92 Å². The van der Waals surface area contributed by atoms with Crippen molar-refractivity contribution in [3.05, 3.63) is 23.9 Å². The number of nitrogens with one attached hydrogen (secondary N) is 1. The summed E-state index contributed by atoms with van der Waals surface area (Å²) >= 11 is 0. The van der Waals surface area contributed by atoms with Crippen LogP contribution in [-0.2, 0) is 6.54 Å². The molecule has 2 N–H and O–H groups in total. The van der Waals surface area contributed by atoms with Gasteiger partial charge in [0.25, 0.3) is 0 Å². The lowest BCUT2D eigenvalue weighted by Crippen LogP contribution is -2.43. The van der Waals surface area contributed by atoms with Crippen molar-refractivity contribution < 1.29 is 5.11 Å². The number of hydrogen-bond donors (Lipinski definition) is 2. The van der Waals surface area contributed by atoms with Crippen molar-refractivity contribution in [1.82, 2.24) is 10.3 Å². The van der Waals surface area contributed by atoms with E-state index >= 15 is 0 Å². The summed E-state index contributed by atoms with van der Waals surface area (Å²) in [6.45, 7) is 11.2. The van der Waals surface area contributed by atoms with Gasteiger partial charge in [0.15, 0.2) is 0 Å². The molecular formula is C16H27N3O. The number of aliphatic hydroxyl groups is 1. The van der Waals surface area contributed by atoms with Gasteiger partial charge in [-0.2, -0.15) is 0 Å². The van der Waals surface area contributed by atoms with E-state index in [-0.39, 0.29) is 11.6 Å². The predicted octanol–water partition coefficient (Wildman–Crippen LogP) is 2.18. The molecule has 2 rings (SSSR count). The van der Waals surface area contributed by atoms with E-state index in [1.807, 2.05) is 12.3 Å². The highest BCUT2D eigenvalue weighted by Crippen LogP contribution is 2.24. The maximum absolute atomic E-state index is 9.86. The summed E-state index contributed by atoms with van der Waals surface area (Å²) in [6.07, 6.45) is 2.50. The first-order valence-corrected chi connectivity index (χ1v) is 7.49. The van der Waals surface area contributed by atoms with Crippen LogP contribution in [0.1, 0.15) is 39.7 Å². The molecule has 1 fully saturated rings. The topological polar surface area (TPSA) is 48.4 Å². The average Bonchev–Trinajstić information content (AvgIpc) is 2.39. The van der Waals surface area contributed by atoms with Crippen LogP contribution >= 0.6 is 0 Å². The molecule has 1 aliphatic heterocycles. The van der Waals surface area contributed by atoms with Gasteiger partial charge in [0.1, 0.15) is 5.82 Å². The van der Waals surface area contributed by atoms with Gasteiger partial charge >= 0.3 is 0 Å². The van der Waals surface area contributed by atoms with Crippen LogP contribution in [0.25, 0.3) is 0 Å². The van der Waals surface area contributed by atoms with Gasteiger partial charge in [-0.05, 0) is 39.2 Å². The van der Waals surface area contributed by atoms with Crippen LogP contribution in [0.5, 0.6) is 0 Å². The fourth-order valence-electron chi connectivity index (χ4n) is 2.54. The van der Waals surface area contributed by atoms with Gasteiger partial charge in [0, 0.05) is 36.9 Å². The molecule has 0 bridgehead atoms. The van der Waals surface area contributed by atoms with Crippen molar-refractivity contribution >= 4 is 5.82 Å². The van der Waals surface area contributed by atoms with E-state index in [1.165, 1.54) is 5.56 Å². The molecule has 4 nitrogen and oxygen atoms in total. The lowest BCUT2D eigenvalue weighted by atomic mass is 9.96. The van der Waals surface area contributed by atoms with Crippen LogP contribution < -0.4 is 10.2 Å². The van der Waals surface area contributed by atoms with Crippen molar-refractivity contribution in [3.8, 4) is 0 Å². The molecule has 2 unspecified atom stereocenters. The first-order chi connectivity index (χ1) is 9.37. The molecule has 1 aliphatic rings. The Bertz CT molecular complexity index is 442. The first kappa shape index (κ1) is 15.3. The zero-order valence-electron chi connectivity index (χ0n) is 13.1. The summed E-state index contributed by atoms with van der Waals surface area (Å²) in [5.41, 5.74) is 1.32. The molecule has 0 saturated carbocycles. The van der Waals surface area contributed by atoms with Crippen molar-refractivity contribution in [3.63, 3.8) is 0 Å². The number of aliphatic hydroxyl groups excluding tert-OH is 1. The van der Waals surface area contributed by atoms with Crippen LogP contribution in [0.15, 0.2) is 18.3 Å². The number of rotatable bonds is 3. The van der Waals surface area contributed by atoms with Crippen molar-refractivity contribution in [2.24, 2.45) is 5.92 Å². The zero-order chi connectivity index (χ0) is 14.8. The maximum atomic E-state index is 9.86. The molecule has 1 saturated heterocycles. The third-order valence-electron chi connectivity index (χ3n) is 3.84. The third-order valence-corrected chi connectivity index (χ3v) is 3.84. The van der Waals surface area contributed by atoms with Crippen molar-refractivity contribution in [1.29, 1.82) is 0 Å². The van der Waals surface area contributed by atoms with Gasteiger partial charge in [0.05, 0.1) is 6.10 Å². The maximum Gasteiger partial charge on any atom is 0.133 e. The van der Waals surface area contributed by atoms with Crippen molar-refractivity contribution in [2.75, 3.05) is 18.0 Å². The van der Waals surface area contributed by atoms with Crippen LogP contribution in [0.3, 0.4) is 0 Å². The van der Waals surface area contributed by atoms with Gasteiger partial charge in [-0.25, -0.2) is 4.98 Å². The minimum atomic E-state index is -0.175. The summed E-state index contributed by atoms with van der Waals surface area (Å²) < 4.78 is 0. The highest BCUT2D eigenvalue weighted by molar-refractivity contribution is 5.47. The number of piperidine rings is 1. The van der Waals surface area contributed by atoms with Gasteiger partial charge in [0.2, 0.25) is 0 Å².